The number of carbonyl (C=O) groups is 1. The molecule has 1 aliphatic heterocycles. The van der Waals surface area contributed by atoms with Crippen LogP contribution in [0, 0.1) is 12.3 Å². The minimum absolute atomic E-state index is 0.0693. The molecule has 1 amide bonds. The number of hydrogen-bond donors (Lipinski definition) is 2. The molecule has 0 aromatic heterocycles. The average molecular weight is 415 g/mol. The molecule has 1 fully saturated rings. The van der Waals surface area contributed by atoms with Gasteiger partial charge in [0.05, 0.1) is 14.2 Å². The number of carbonyl (C=O) groups excluding carboxylic acids is 1. The van der Waals surface area contributed by atoms with Crippen LogP contribution < -0.4 is 14.8 Å². The number of aryl methyl sites for hydroxylation is 1. The molecule has 2 N–H and O–H groups in total. The average Bonchev–Trinajstić information content (AvgIpc) is 3.05. The van der Waals surface area contributed by atoms with E-state index >= 15 is 0 Å². The first kappa shape index (κ1) is 20.5. The second-order valence-corrected chi connectivity index (χ2v) is 7.48. The van der Waals surface area contributed by atoms with Crippen molar-refractivity contribution in [2.24, 2.45) is 0 Å². The van der Waals surface area contributed by atoms with E-state index in [1.807, 2.05) is 84.6 Å². The molecule has 0 atom stereocenters. The van der Waals surface area contributed by atoms with Crippen LogP contribution in [0.5, 0.6) is 11.5 Å². The van der Waals surface area contributed by atoms with Crippen LogP contribution in [-0.4, -0.2) is 31.0 Å². The van der Waals surface area contributed by atoms with Gasteiger partial charge in [0.2, 0.25) is 0 Å². The largest absolute Gasteiger partial charge is 0.497 e. The minimum Gasteiger partial charge on any atom is -0.497 e. The van der Waals surface area contributed by atoms with E-state index in [1.54, 1.807) is 14.2 Å². The smallest absolute Gasteiger partial charge is 0.262 e. The minimum atomic E-state index is -1.20. The molecule has 1 saturated heterocycles. The highest BCUT2D eigenvalue weighted by atomic mass is 16.5. The van der Waals surface area contributed by atoms with Gasteiger partial charge in [-0.2, -0.15) is 0 Å². The van der Waals surface area contributed by atoms with Crippen LogP contribution in [0.3, 0.4) is 0 Å². The number of rotatable bonds is 6. The van der Waals surface area contributed by atoms with Gasteiger partial charge in [0.1, 0.15) is 11.5 Å². The number of amides is 1. The highest BCUT2D eigenvalue weighted by molar-refractivity contribution is 6.10. The van der Waals surface area contributed by atoms with Crippen molar-refractivity contribution < 1.29 is 14.3 Å². The Morgan fingerprint density at radius 2 is 1.39 bits per heavy atom. The van der Waals surface area contributed by atoms with E-state index in [4.69, 9.17) is 14.9 Å². The summed E-state index contributed by atoms with van der Waals surface area (Å²) in [4.78, 5) is 15.4. The molecule has 3 aromatic carbocycles. The second-order valence-electron chi connectivity index (χ2n) is 7.48. The van der Waals surface area contributed by atoms with E-state index in [0.29, 0.717) is 18.0 Å². The second kappa shape index (κ2) is 8.14. The summed E-state index contributed by atoms with van der Waals surface area (Å²) in [6, 6.07) is 22.9. The quantitative estimate of drug-likeness (QED) is 0.642. The fourth-order valence-corrected chi connectivity index (χ4v) is 4.12. The summed E-state index contributed by atoms with van der Waals surface area (Å²) in [6.07, 6.45) is 0. The zero-order chi connectivity index (χ0) is 22.0. The van der Waals surface area contributed by atoms with Crippen molar-refractivity contribution in [2.45, 2.75) is 19.0 Å². The topological polar surface area (TPSA) is 74.6 Å². The summed E-state index contributed by atoms with van der Waals surface area (Å²) in [5.41, 5.74) is 2.47. The van der Waals surface area contributed by atoms with Crippen molar-refractivity contribution in [2.75, 3.05) is 14.2 Å². The monoisotopic (exact) mass is 415 g/mol. The molecule has 0 radical (unpaired) electrons. The Hall–Kier alpha value is -3.80. The molecule has 1 aliphatic rings. The van der Waals surface area contributed by atoms with E-state index < -0.39 is 5.54 Å². The van der Waals surface area contributed by atoms with Gasteiger partial charge in [0.25, 0.3) is 5.91 Å². The summed E-state index contributed by atoms with van der Waals surface area (Å²) in [5, 5.41) is 11.4. The number of methoxy groups -OCH3 is 2. The van der Waals surface area contributed by atoms with Crippen molar-refractivity contribution in [3.63, 3.8) is 0 Å². The van der Waals surface area contributed by atoms with Gasteiger partial charge in [-0.15, -0.1) is 0 Å². The van der Waals surface area contributed by atoms with Crippen LogP contribution in [0.15, 0.2) is 72.8 Å². The number of nitrogens with one attached hydrogen (secondary N) is 2. The van der Waals surface area contributed by atoms with Gasteiger partial charge in [-0.3, -0.25) is 15.5 Å². The number of benzene rings is 3. The molecule has 0 saturated carbocycles. The van der Waals surface area contributed by atoms with Crippen LogP contribution in [0.2, 0.25) is 0 Å². The lowest BCUT2D eigenvalue weighted by atomic mass is 9.81. The van der Waals surface area contributed by atoms with E-state index in [-0.39, 0.29) is 11.9 Å². The molecule has 6 heteroatoms. The third-order valence-corrected chi connectivity index (χ3v) is 5.84. The Kier molecular flexibility index (Phi) is 5.38. The van der Waals surface area contributed by atoms with Crippen molar-refractivity contribution in [3.8, 4) is 11.5 Å². The lowest BCUT2D eigenvalue weighted by molar-refractivity contribution is -0.125. The SMILES string of the molecule is COc1ccc(C2(c3ccc(OC)cc3)C(=O)NC(=N)N2Cc2ccccc2C)cc1. The number of nitrogens with zero attached hydrogens (tertiary/aromatic N) is 1. The highest BCUT2D eigenvalue weighted by Crippen LogP contribution is 2.41. The number of guanidine groups is 1. The molecule has 6 nitrogen and oxygen atoms in total. The Morgan fingerprint density at radius 1 is 0.871 bits per heavy atom. The van der Waals surface area contributed by atoms with Crippen molar-refractivity contribution in [1.29, 1.82) is 5.41 Å². The summed E-state index contributed by atoms with van der Waals surface area (Å²) >= 11 is 0. The maximum atomic E-state index is 13.5. The molecule has 3 aromatic rings. The van der Waals surface area contributed by atoms with Crippen LogP contribution in [0.1, 0.15) is 22.3 Å². The number of hydrogen-bond acceptors (Lipinski definition) is 4. The Bertz CT molecular complexity index is 1060. The normalized spacial score (nSPS) is 15.0. The number of ether oxygens (including phenoxy) is 2. The van der Waals surface area contributed by atoms with Crippen molar-refractivity contribution in [1.82, 2.24) is 10.2 Å². The summed E-state index contributed by atoms with van der Waals surface area (Å²) < 4.78 is 10.6. The van der Waals surface area contributed by atoms with E-state index in [2.05, 4.69) is 5.32 Å². The van der Waals surface area contributed by atoms with Gasteiger partial charge in [-0.25, -0.2) is 0 Å². The van der Waals surface area contributed by atoms with E-state index in [0.717, 1.165) is 22.3 Å². The Balaban J connectivity index is 1.92. The zero-order valence-corrected chi connectivity index (χ0v) is 17.8. The molecular formula is C25H25N3O3. The first-order valence-electron chi connectivity index (χ1n) is 10.0. The van der Waals surface area contributed by atoms with Gasteiger partial charge in [-0.1, -0.05) is 48.5 Å². The van der Waals surface area contributed by atoms with Crippen LogP contribution >= 0.6 is 0 Å². The molecule has 31 heavy (non-hydrogen) atoms. The first-order chi connectivity index (χ1) is 15.0. The molecular weight excluding hydrogens is 390 g/mol. The fraction of sp³-hybridized carbons (Fsp3) is 0.200. The van der Waals surface area contributed by atoms with Crippen LogP contribution in [0.25, 0.3) is 0 Å². The predicted octanol–water partition coefficient (Wildman–Crippen LogP) is 3.82. The van der Waals surface area contributed by atoms with E-state index in [1.165, 1.54) is 0 Å². The van der Waals surface area contributed by atoms with Gasteiger partial charge < -0.3 is 14.4 Å². The van der Waals surface area contributed by atoms with Crippen molar-refractivity contribution in [3.05, 3.63) is 95.1 Å². The molecule has 0 spiro atoms. The standard InChI is InChI=1S/C25H25N3O3/c1-17-6-4-5-7-18(17)16-28-24(26)27-23(29)25(28,19-8-12-21(30-2)13-9-19)20-10-14-22(31-3)15-11-20/h4-15H,16H2,1-3H3,(H2,26,27,29). The van der Waals surface area contributed by atoms with Crippen LogP contribution in [-0.2, 0) is 16.9 Å². The molecule has 1 heterocycles. The van der Waals surface area contributed by atoms with Gasteiger partial charge in [0, 0.05) is 6.54 Å². The maximum absolute atomic E-state index is 13.5. The lowest BCUT2D eigenvalue weighted by Gasteiger charge is -2.37. The first-order valence-corrected chi connectivity index (χ1v) is 10.0. The molecule has 158 valence electrons. The molecule has 0 aliphatic carbocycles. The lowest BCUT2D eigenvalue weighted by Crippen LogP contribution is -2.47. The Morgan fingerprint density at radius 3 is 1.87 bits per heavy atom. The molecule has 4 rings (SSSR count). The van der Waals surface area contributed by atoms with Gasteiger partial charge >= 0.3 is 0 Å². The summed E-state index contributed by atoms with van der Waals surface area (Å²) in [7, 11) is 3.22. The zero-order valence-electron chi connectivity index (χ0n) is 17.8. The molecule has 0 unspecified atom stereocenters. The fourth-order valence-electron chi connectivity index (χ4n) is 4.12. The van der Waals surface area contributed by atoms with E-state index in [9.17, 15) is 4.79 Å². The third kappa shape index (κ3) is 3.40. The summed E-state index contributed by atoms with van der Waals surface area (Å²) in [6.45, 7) is 2.44. The third-order valence-electron chi connectivity index (χ3n) is 5.84. The predicted molar refractivity (Wildman–Crippen MR) is 119 cm³/mol. The van der Waals surface area contributed by atoms with Gasteiger partial charge in [0.15, 0.2) is 11.5 Å². The van der Waals surface area contributed by atoms with Crippen molar-refractivity contribution >= 4 is 11.9 Å². The highest BCUT2D eigenvalue weighted by Gasteiger charge is 2.54. The summed E-state index contributed by atoms with van der Waals surface area (Å²) in [5.74, 6) is 1.21. The Labute approximate surface area is 181 Å². The van der Waals surface area contributed by atoms with Crippen LogP contribution in [0.4, 0.5) is 0 Å². The maximum Gasteiger partial charge on any atom is 0.262 e. The molecule has 0 bridgehead atoms. The van der Waals surface area contributed by atoms with Gasteiger partial charge in [-0.05, 0) is 53.4 Å².